The molecular weight excluding hydrogens is 202 g/mol. The molecule has 0 saturated carbocycles. The molecule has 3 heteroatoms. The molecule has 0 aliphatic heterocycles. The highest BCUT2D eigenvalue weighted by atomic mass is 16.5. The van der Waals surface area contributed by atoms with Crippen molar-refractivity contribution in [2.75, 3.05) is 6.54 Å². The molecule has 0 fully saturated rings. The van der Waals surface area contributed by atoms with Gasteiger partial charge in [-0.15, -0.1) is 0 Å². The summed E-state index contributed by atoms with van der Waals surface area (Å²) in [5, 5.41) is 3.17. The van der Waals surface area contributed by atoms with Crippen LogP contribution in [0.5, 0.6) is 0 Å². The van der Waals surface area contributed by atoms with Crippen molar-refractivity contribution in [3.8, 4) is 0 Å². The van der Waals surface area contributed by atoms with E-state index in [1.54, 1.807) is 0 Å². The van der Waals surface area contributed by atoms with E-state index in [-0.39, 0.29) is 12.0 Å². The number of nitrogens with one attached hydrogen (secondary N) is 1. The summed E-state index contributed by atoms with van der Waals surface area (Å²) in [5.41, 5.74) is 1.02. The smallest absolute Gasteiger partial charge is 0.307 e. The highest BCUT2D eigenvalue weighted by molar-refractivity contribution is 5.70. The zero-order chi connectivity index (χ0) is 11.8. The predicted octanol–water partition coefficient (Wildman–Crippen LogP) is 2.12. The summed E-state index contributed by atoms with van der Waals surface area (Å²) in [4.78, 5) is 11.4. The molecule has 1 unspecified atom stereocenters. The number of ether oxygens (including phenoxy) is 1. The summed E-state index contributed by atoms with van der Waals surface area (Å²) >= 11 is 0. The normalized spacial score (nSPS) is 12.1. The quantitative estimate of drug-likeness (QED) is 0.748. The molecule has 1 atom stereocenters. The Morgan fingerprint density at radius 3 is 2.69 bits per heavy atom. The highest BCUT2D eigenvalue weighted by Gasteiger charge is 2.08. The Labute approximate surface area is 96.8 Å². The molecule has 1 N–H and O–H groups in total. The number of hydrogen-bond acceptors (Lipinski definition) is 3. The van der Waals surface area contributed by atoms with Gasteiger partial charge in [0.1, 0.15) is 6.61 Å². The summed E-state index contributed by atoms with van der Waals surface area (Å²) in [6.07, 6.45) is 0.417. The van der Waals surface area contributed by atoms with Crippen LogP contribution in [0, 0.1) is 0 Å². The van der Waals surface area contributed by atoms with Gasteiger partial charge in [0, 0.05) is 6.04 Å². The lowest BCUT2D eigenvalue weighted by atomic mass is 10.2. The molecular formula is C13H19NO2. The third-order valence-corrected chi connectivity index (χ3v) is 2.27. The fraction of sp³-hybridized carbons (Fsp3) is 0.462. The van der Waals surface area contributed by atoms with E-state index in [2.05, 4.69) is 5.32 Å². The fourth-order valence-corrected chi connectivity index (χ4v) is 1.47. The number of esters is 1. The van der Waals surface area contributed by atoms with Crippen molar-refractivity contribution in [1.82, 2.24) is 5.32 Å². The van der Waals surface area contributed by atoms with Gasteiger partial charge in [-0.25, -0.2) is 0 Å². The summed E-state index contributed by atoms with van der Waals surface area (Å²) in [6, 6.07) is 9.88. The van der Waals surface area contributed by atoms with Crippen molar-refractivity contribution in [3.05, 3.63) is 35.9 Å². The third kappa shape index (κ3) is 4.94. The van der Waals surface area contributed by atoms with E-state index in [4.69, 9.17) is 4.74 Å². The first-order valence-electron chi connectivity index (χ1n) is 5.65. The standard InChI is InChI=1S/C13H19NO2/c1-3-14-11(2)9-13(15)16-10-12-7-5-4-6-8-12/h4-8,11,14H,3,9-10H2,1-2H3. The molecule has 1 aromatic rings. The van der Waals surface area contributed by atoms with Gasteiger partial charge in [0.05, 0.1) is 6.42 Å². The molecule has 0 bridgehead atoms. The van der Waals surface area contributed by atoms with Gasteiger partial charge in [0.2, 0.25) is 0 Å². The van der Waals surface area contributed by atoms with Gasteiger partial charge < -0.3 is 10.1 Å². The van der Waals surface area contributed by atoms with Crippen LogP contribution in [0.3, 0.4) is 0 Å². The zero-order valence-electron chi connectivity index (χ0n) is 9.90. The van der Waals surface area contributed by atoms with Crippen LogP contribution in [0.2, 0.25) is 0 Å². The van der Waals surface area contributed by atoms with Crippen molar-refractivity contribution in [2.24, 2.45) is 0 Å². The second kappa shape index (κ2) is 7.01. The van der Waals surface area contributed by atoms with E-state index < -0.39 is 0 Å². The van der Waals surface area contributed by atoms with E-state index in [0.717, 1.165) is 12.1 Å². The van der Waals surface area contributed by atoms with Crippen molar-refractivity contribution in [1.29, 1.82) is 0 Å². The minimum Gasteiger partial charge on any atom is -0.461 e. The van der Waals surface area contributed by atoms with Gasteiger partial charge >= 0.3 is 5.97 Å². The topological polar surface area (TPSA) is 38.3 Å². The van der Waals surface area contributed by atoms with E-state index in [0.29, 0.717) is 13.0 Å². The Bertz CT molecular complexity index is 311. The average molecular weight is 221 g/mol. The van der Waals surface area contributed by atoms with Crippen LogP contribution in [0.1, 0.15) is 25.8 Å². The fourth-order valence-electron chi connectivity index (χ4n) is 1.47. The first-order valence-corrected chi connectivity index (χ1v) is 5.65. The van der Waals surface area contributed by atoms with E-state index >= 15 is 0 Å². The first kappa shape index (κ1) is 12.7. The Hall–Kier alpha value is -1.35. The molecule has 0 saturated heterocycles. The van der Waals surface area contributed by atoms with Crippen molar-refractivity contribution in [3.63, 3.8) is 0 Å². The van der Waals surface area contributed by atoms with Crippen LogP contribution in [-0.2, 0) is 16.1 Å². The molecule has 3 nitrogen and oxygen atoms in total. The summed E-state index contributed by atoms with van der Waals surface area (Å²) in [7, 11) is 0. The summed E-state index contributed by atoms with van der Waals surface area (Å²) in [5.74, 6) is -0.155. The molecule has 0 aromatic heterocycles. The first-order chi connectivity index (χ1) is 7.72. The third-order valence-electron chi connectivity index (χ3n) is 2.27. The molecule has 0 aliphatic rings. The second-order valence-electron chi connectivity index (χ2n) is 3.81. The molecule has 0 aliphatic carbocycles. The number of benzene rings is 1. The van der Waals surface area contributed by atoms with E-state index in [1.807, 2.05) is 44.2 Å². The summed E-state index contributed by atoms with van der Waals surface area (Å²) < 4.78 is 5.17. The maximum Gasteiger partial charge on any atom is 0.307 e. The van der Waals surface area contributed by atoms with E-state index in [9.17, 15) is 4.79 Å². The lowest BCUT2D eigenvalue weighted by Gasteiger charge is -2.11. The maximum atomic E-state index is 11.4. The Morgan fingerprint density at radius 1 is 1.38 bits per heavy atom. The van der Waals surface area contributed by atoms with Crippen LogP contribution in [0.4, 0.5) is 0 Å². The lowest BCUT2D eigenvalue weighted by molar-refractivity contribution is -0.145. The minimum atomic E-state index is -0.155. The number of carbonyl (C=O) groups is 1. The van der Waals surface area contributed by atoms with Crippen LogP contribution >= 0.6 is 0 Å². The molecule has 0 radical (unpaired) electrons. The molecule has 0 spiro atoms. The summed E-state index contributed by atoms with van der Waals surface area (Å²) in [6.45, 7) is 5.23. The molecule has 16 heavy (non-hydrogen) atoms. The van der Waals surface area contributed by atoms with Crippen LogP contribution in [0.15, 0.2) is 30.3 Å². The van der Waals surface area contributed by atoms with E-state index in [1.165, 1.54) is 0 Å². The van der Waals surface area contributed by atoms with Crippen molar-refractivity contribution >= 4 is 5.97 Å². The maximum absolute atomic E-state index is 11.4. The Morgan fingerprint density at radius 2 is 2.06 bits per heavy atom. The van der Waals surface area contributed by atoms with Crippen molar-refractivity contribution in [2.45, 2.75) is 32.9 Å². The number of hydrogen-bond donors (Lipinski definition) is 1. The Balaban J connectivity index is 2.25. The van der Waals surface area contributed by atoms with Crippen LogP contribution < -0.4 is 5.32 Å². The molecule has 1 rings (SSSR count). The zero-order valence-corrected chi connectivity index (χ0v) is 9.90. The molecule has 0 amide bonds. The monoisotopic (exact) mass is 221 g/mol. The van der Waals surface area contributed by atoms with Gasteiger partial charge in [0.25, 0.3) is 0 Å². The van der Waals surface area contributed by atoms with Crippen LogP contribution in [0.25, 0.3) is 0 Å². The van der Waals surface area contributed by atoms with Gasteiger partial charge in [-0.1, -0.05) is 37.3 Å². The number of rotatable bonds is 6. The SMILES string of the molecule is CCNC(C)CC(=O)OCc1ccccc1. The van der Waals surface area contributed by atoms with Gasteiger partial charge in [-0.3, -0.25) is 4.79 Å². The van der Waals surface area contributed by atoms with Crippen molar-refractivity contribution < 1.29 is 9.53 Å². The van der Waals surface area contributed by atoms with Gasteiger partial charge in [-0.2, -0.15) is 0 Å². The average Bonchev–Trinajstić information content (AvgIpc) is 2.28. The Kier molecular flexibility index (Phi) is 5.57. The predicted molar refractivity (Wildman–Crippen MR) is 64.0 cm³/mol. The van der Waals surface area contributed by atoms with Gasteiger partial charge in [-0.05, 0) is 19.0 Å². The second-order valence-corrected chi connectivity index (χ2v) is 3.81. The van der Waals surface area contributed by atoms with Gasteiger partial charge in [0.15, 0.2) is 0 Å². The molecule has 88 valence electrons. The largest absolute Gasteiger partial charge is 0.461 e. The highest BCUT2D eigenvalue weighted by Crippen LogP contribution is 2.02. The molecule has 0 heterocycles. The van der Waals surface area contributed by atoms with Crippen LogP contribution in [-0.4, -0.2) is 18.6 Å². The lowest BCUT2D eigenvalue weighted by Crippen LogP contribution is -2.28. The minimum absolute atomic E-state index is 0.155. The molecule has 1 aromatic carbocycles. The number of carbonyl (C=O) groups excluding carboxylic acids is 1.